The SMILES string of the molecule is CC1(C)C(Nc2ccc(Br)cc2)=C(C(=O)O)CC(Nc2ccc(Br)cc2)=C1C(=O)O. The molecule has 4 N–H and O–H groups in total. The molecule has 1 aliphatic rings. The van der Waals surface area contributed by atoms with E-state index in [1.165, 1.54) is 0 Å². The minimum atomic E-state index is -1.10. The summed E-state index contributed by atoms with van der Waals surface area (Å²) < 4.78 is 1.77. The number of carboxylic acid groups (broad SMARTS) is 2. The molecule has 0 unspecified atom stereocenters. The third kappa shape index (κ3) is 4.60. The van der Waals surface area contributed by atoms with E-state index in [0.29, 0.717) is 22.8 Å². The summed E-state index contributed by atoms with van der Waals surface area (Å²) in [7, 11) is 0. The first-order valence-electron chi connectivity index (χ1n) is 9.08. The second-order valence-corrected chi connectivity index (χ2v) is 9.21. The minimum Gasteiger partial charge on any atom is -0.478 e. The van der Waals surface area contributed by atoms with Crippen LogP contribution >= 0.6 is 31.9 Å². The summed E-state index contributed by atoms with van der Waals surface area (Å²) in [4.78, 5) is 24.3. The number of allylic oxidation sites excluding steroid dienone is 2. The molecule has 0 fully saturated rings. The number of nitrogens with one attached hydrogen (secondary N) is 2. The molecule has 2 aromatic rings. The van der Waals surface area contributed by atoms with Crippen molar-refractivity contribution in [3.63, 3.8) is 0 Å². The van der Waals surface area contributed by atoms with E-state index >= 15 is 0 Å². The Balaban J connectivity index is 2.07. The average Bonchev–Trinajstić information content (AvgIpc) is 2.66. The van der Waals surface area contributed by atoms with Gasteiger partial charge in [-0.25, -0.2) is 9.59 Å². The summed E-state index contributed by atoms with van der Waals surface area (Å²) in [5.41, 5.74) is 1.22. The van der Waals surface area contributed by atoms with Crippen LogP contribution in [0, 0.1) is 5.41 Å². The molecule has 156 valence electrons. The van der Waals surface area contributed by atoms with Crippen LogP contribution in [0.25, 0.3) is 0 Å². The molecule has 0 atom stereocenters. The van der Waals surface area contributed by atoms with Crippen molar-refractivity contribution >= 4 is 55.2 Å². The van der Waals surface area contributed by atoms with Crippen LogP contribution in [0.3, 0.4) is 0 Å². The maximum Gasteiger partial charge on any atom is 0.334 e. The first kappa shape index (κ1) is 22.1. The van der Waals surface area contributed by atoms with Gasteiger partial charge in [0.25, 0.3) is 0 Å². The first-order chi connectivity index (χ1) is 14.1. The fourth-order valence-corrected chi connectivity index (χ4v) is 4.06. The van der Waals surface area contributed by atoms with E-state index in [-0.39, 0.29) is 17.6 Å². The molecule has 0 aromatic heterocycles. The van der Waals surface area contributed by atoms with Crippen molar-refractivity contribution in [2.24, 2.45) is 5.41 Å². The number of carboxylic acids is 2. The molecular weight excluding hydrogens is 516 g/mol. The van der Waals surface area contributed by atoms with E-state index in [1.54, 1.807) is 38.1 Å². The topological polar surface area (TPSA) is 98.7 Å². The van der Waals surface area contributed by atoms with Crippen molar-refractivity contribution in [1.29, 1.82) is 0 Å². The normalized spacial score (nSPS) is 15.7. The molecule has 0 saturated carbocycles. The molecule has 0 radical (unpaired) electrons. The van der Waals surface area contributed by atoms with E-state index in [0.717, 1.165) is 8.95 Å². The number of halogens is 2. The van der Waals surface area contributed by atoms with Crippen LogP contribution < -0.4 is 10.6 Å². The van der Waals surface area contributed by atoms with Gasteiger partial charge in [-0.15, -0.1) is 0 Å². The zero-order valence-corrected chi connectivity index (χ0v) is 19.5. The van der Waals surface area contributed by atoms with Gasteiger partial charge in [-0.2, -0.15) is 0 Å². The minimum absolute atomic E-state index is 0.0463. The molecular formula is C22H20Br2N2O4. The maximum atomic E-state index is 12.2. The molecule has 2 aromatic carbocycles. The Labute approximate surface area is 190 Å². The Morgan fingerprint density at radius 2 is 1.30 bits per heavy atom. The summed E-state index contributed by atoms with van der Waals surface area (Å²) in [6.07, 6.45) is -0.0463. The van der Waals surface area contributed by atoms with Gasteiger partial charge in [0.15, 0.2) is 0 Å². The van der Waals surface area contributed by atoms with Crippen molar-refractivity contribution in [3.8, 4) is 0 Å². The summed E-state index contributed by atoms with van der Waals surface area (Å²) in [6.45, 7) is 3.42. The van der Waals surface area contributed by atoms with E-state index < -0.39 is 17.4 Å². The Kier molecular flexibility index (Phi) is 6.38. The van der Waals surface area contributed by atoms with Crippen molar-refractivity contribution < 1.29 is 19.8 Å². The fraction of sp³-hybridized carbons (Fsp3) is 0.182. The lowest BCUT2D eigenvalue weighted by Gasteiger charge is -2.37. The van der Waals surface area contributed by atoms with Gasteiger partial charge >= 0.3 is 11.9 Å². The standard InChI is InChI=1S/C22H20Br2N2O4/c1-22(2)18(21(29)30)17(25-14-7-3-12(23)4-8-14)11-16(20(27)28)19(22)26-15-9-5-13(24)6-10-15/h3-10,25-26H,11H2,1-2H3,(H,27,28)(H,29,30). The van der Waals surface area contributed by atoms with Crippen molar-refractivity contribution in [2.45, 2.75) is 20.3 Å². The van der Waals surface area contributed by atoms with Gasteiger partial charge in [0.1, 0.15) is 0 Å². The van der Waals surface area contributed by atoms with Gasteiger partial charge in [-0.05, 0) is 62.4 Å². The second-order valence-electron chi connectivity index (χ2n) is 7.38. The molecule has 0 heterocycles. The van der Waals surface area contributed by atoms with E-state index in [2.05, 4.69) is 42.5 Å². The Morgan fingerprint density at radius 3 is 1.73 bits per heavy atom. The smallest absolute Gasteiger partial charge is 0.334 e. The number of carbonyl (C=O) groups is 2. The summed E-state index contributed by atoms with van der Waals surface area (Å²) >= 11 is 6.74. The molecule has 0 bridgehead atoms. The second kappa shape index (κ2) is 8.65. The Bertz CT molecular complexity index is 1060. The lowest BCUT2D eigenvalue weighted by molar-refractivity contribution is -0.135. The molecule has 0 amide bonds. The van der Waals surface area contributed by atoms with Gasteiger partial charge in [0, 0.05) is 43.6 Å². The number of anilines is 2. The number of aliphatic carboxylic acids is 2. The summed E-state index contributed by atoms with van der Waals surface area (Å²) in [5, 5.41) is 26.2. The third-order valence-electron chi connectivity index (χ3n) is 4.93. The molecule has 30 heavy (non-hydrogen) atoms. The highest BCUT2D eigenvalue weighted by atomic mass is 79.9. The quantitative estimate of drug-likeness (QED) is 0.370. The van der Waals surface area contributed by atoms with E-state index in [4.69, 9.17) is 0 Å². The van der Waals surface area contributed by atoms with E-state index in [9.17, 15) is 19.8 Å². The fourth-order valence-electron chi connectivity index (χ4n) is 3.54. The Morgan fingerprint density at radius 1 is 0.833 bits per heavy atom. The van der Waals surface area contributed by atoms with Crippen LogP contribution in [0.4, 0.5) is 11.4 Å². The van der Waals surface area contributed by atoms with Crippen molar-refractivity contribution in [3.05, 3.63) is 80.0 Å². The highest BCUT2D eigenvalue weighted by Crippen LogP contribution is 2.45. The number of hydrogen-bond acceptors (Lipinski definition) is 4. The van der Waals surface area contributed by atoms with Gasteiger partial charge in [-0.1, -0.05) is 31.9 Å². The molecule has 6 nitrogen and oxygen atoms in total. The highest BCUT2D eigenvalue weighted by Gasteiger charge is 2.42. The number of rotatable bonds is 6. The monoisotopic (exact) mass is 534 g/mol. The maximum absolute atomic E-state index is 12.2. The van der Waals surface area contributed by atoms with Crippen LogP contribution in [0.5, 0.6) is 0 Å². The lowest BCUT2D eigenvalue weighted by Crippen LogP contribution is -2.36. The predicted molar refractivity (Wildman–Crippen MR) is 123 cm³/mol. The van der Waals surface area contributed by atoms with Gasteiger partial charge < -0.3 is 20.8 Å². The molecule has 3 rings (SSSR count). The summed E-state index contributed by atoms with van der Waals surface area (Å²) in [5.74, 6) is -2.19. The van der Waals surface area contributed by atoms with Crippen LogP contribution in [-0.4, -0.2) is 22.2 Å². The molecule has 0 aliphatic heterocycles. The first-order valence-corrected chi connectivity index (χ1v) is 10.7. The van der Waals surface area contributed by atoms with Crippen LogP contribution in [0.2, 0.25) is 0 Å². The zero-order chi connectivity index (χ0) is 22.1. The number of benzene rings is 2. The van der Waals surface area contributed by atoms with Crippen molar-refractivity contribution in [1.82, 2.24) is 0 Å². The van der Waals surface area contributed by atoms with Crippen LogP contribution in [0.1, 0.15) is 20.3 Å². The molecule has 0 spiro atoms. The van der Waals surface area contributed by atoms with Crippen molar-refractivity contribution in [2.75, 3.05) is 10.6 Å². The molecule has 0 saturated heterocycles. The van der Waals surface area contributed by atoms with Gasteiger partial charge in [-0.3, -0.25) is 0 Å². The predicted octanol–water partition coefficient (Wildman–Crippen LogP) is 5.84. The van der Waals surface area contributed by atoms with Crippen LogP contribution in [0.15, 0.2) is 80.0 Å². The highest BCUT2D eigenvalue weighted by molar-refractivity contribution is 9.10. The molecule has 1 aliphatic carbocycles. The molecule has 8 heteroatoms. The Hall–Kier alpha value is -2.58. The van der Waals surface area contributed by atoms with E-state index in [1.807, 2.05) is 24.3 Å². The third-order valence-corrected chi connectivity index (χ3v) is 5.99. The summed E-state index contributed by atoms with van der Waals surface area (Å²) in [6, 6.07) is 14.5. The largest absolute Gasteiger partial charge is 0.478 e. The van der Waals surface area contributed by atoms with Crippen LogP contribution in [-0.2, 0) is 9.59 Å². The zero-order valence-electron chi connectivity index (χ0n) is 16.3. The lowest BCUT2D eigenvalue weighted by atomic mass is 9.73. The average molecular weight is 536 g/mol. The van der Waals surface area contributed by atoms with Gasteiger partial charge in [0.05, 0.1) is 11.1 Å². The number of hydrogen-bond donors (Lipinski definition) is 4. The van der Waals surface area contributed by atoms with Gasteiger partial charge in [0.2, 0.25) is 0 Å².